The van der Waals surface area contributed by atoms with Gasteiger partial charge in [-0.3, -0.25) is 4.79 Å². The van der Waals surface area contributed by atoms with Crippen LogP contribution in [-0.2, 0) is 4.79 Å². The molecule has 3 unspecified atom stereocenters. The molecule has 1 aliphatic rings. The van der Waals surface area contributed by atoms with Crippen LogP contribution in [0.2, 0.25) is 0 Å². The zero-order chi connectivity index (χ0) is 15.9. The SMILES string of the molecule is CC1CCCN(CC(C)NC(=O)CC(N)c2ccccc2)C1.Cl.Cl. The fourth-order valence-corrected chi connectivity index (χ4v) is 3.24. The molecule has 1 saturated heterocycles. The highest BCUT2D eigenvalue weighted by Crippen LogP contribution is 2.16. The number of nitrogens with one attached hydrogen (secondary N) is 1. The van der Waals surface area contributed by atoms with Crippen LogP contribution in [0.4, 0.5) is 0 Å². The van der Waals surface area contributed by atoms with E-state index in [2.05, 4.69) is 24.1 Å². The Balaban J connectivity index is 0.00000264. The minimum atomic E-state index is -0.233. The first kappa shape index (κ1) is 23.2. The second-order valence-corrected chi connectivity index (χ2v) is 6.70. The van der Waals surface area contributed by atoms with Crippen LogP contribution in [0.15, 0.2) is 30.3 Å². The molecule has 1 heterocycles. The summed E-state index contributed by atoms with van der Waals surface area (Å²) in [5.41, 5.74) is 7.11. The highest BCUT2D eigenvalue weighted by atomic mass is 35.5. The van der Waals surface area contributed by atoms with Crippen LogP contribution in [0.5, 0.6) is 0 Å². The zero-order valence-electron chi connectivity index (χ0n) is 14.6. The summed E-state index contributed by atoms with van der Waals surface area (Å²) in [5, 5.41) is 3.08. The molecule has 3 atom stereocenters. The topological polar surface area (TPSA) is 58.4 Å². The molecule has 0 radical (unpaired) electrons. The summed E-state index contributed by atoms with van der Waals surface area (Å²) < 4.78 is 0. The van der Waals surface area contributed by atoms with Gasteiger partial charge in [-0.2, -0.15) is 0 Å². The largest absolute Gasteiger partial charge is 0.352 e. The number of hydrogen-bond donors (Lipinski definition) is 2. The summed E-state index contributed by atoms with van der Waals surface area (Å²) in [7, 11) is 0. The number of carbonyl (C=O) groups excluding carboxylic acids is 1. The van der Waals surface area contributed by atoms with Crippen molar-refractivity contribution in [1.29, 1.82) is 0 Å². The number of benzene rings is 1. The van der Waals surface area contributed by atoms with Crippen molar-refractivity contribution in [2.24, 2.45) is 11.7 Å². The first-order chi connectivity index (χ1) is 10.5. The number of nitrogens with zero attached hydrogens (tertiary/aromatic N) is 1. The summed E-state index contributed by atoms with van der Waals surface area (Å²) in [4.78, 5) is 14.6. The number of piperidine rings is 1. The van der Waals surface area contributed by atoms with E-state index in [4.69, 9.17) is 5.73 Å². The monoisotopic (exact) mass is 375 g/mol. The minimum absolute atomic E-state index is 0. The molecule has 0 aliphatic carbocycles. The van der Waals surface area contributed by atoms with Crippen molar-refractivity contribution < 1.29 is 4.79 Å². The van der Waals surface area contributed by atoms with E-state index in [9.17, 15) is 4.79 Å². The molecule has 138 valence electrons. The van der Waals surface area contributed by atoms with Crippen molar-refractivity contribution in [2.45, 2.75) is 45.2 Å². The fraction of sp³-hybridized carbons (Fsp3) is 0.611. The Labute approximate surface area is 158 Å². The molecular formula is C18H31Cl2N3O. The van der Waals surface area contributed by atoms with Gasteiger partial charge in [0.15, 0.2) is 0 Å². The molecule has 2 rings (SSSR count). The summed E-state index contributed by atoms with van der Waals surface area (Å²) >= 11 is 0. The summed E-state index contributed by atoms with van der Waals surface area (Å²) in [6.45, 7) is 7.59. The Bertz CT molecular complexity index is 473. The lowest BCUT2D eigenvalue weighted by molar-refractivity contribution is -0.122. The third kappa shape index (κ3) is 7.84. The molecule has 0 saturated carbocycles. The molecule has 1 aromatic carbocycles. The average molecular weight is 376 g/mol. The molecule has 24 heavy (non-hydrogen) atoms. The smallest absolute Gasteiger partial charge is 0.222 e. The van der Waals surface area contributed by atoms with Crippen LogP contribution < -0.4 is 11.1 Å². The van der Waals surface area contributed by atoms with E-state index in [1.807, 2.05) is 30.3 Å². The molecule has 0 aromatic heterocycles. The Kier molecular flexibility index (Phi) is 11.3. The van der Waals surface area contributed by atoms with Crippen LogP contribution >= 0.6 is 24.8 Å². The summed E-state index contributed by atoms with van der Waals surface area (Å²) in [5.74, 6) is 0.803. The molecular weight excluding hydrogens is 345 g/mol. The van der Waals surface area contributed by atoms with Crippen LogP contribution in [0.1, 0.15) is 44.7 Å². The van der Waals surface area contributed by atoms with Crippen molar-refractivity contribution in [1.82, 2.24) is 10.2 Å². The lowest BCUT2D eigenvalue weighted by Gasteiger charge is -2.33. The van der Waals surface area contributed by atoms with Crippen LogP contribution in [-0.4, -0.2) is 36.5 Å². The third-order valence-electron chi connectivity index (χ3n) is 4.31. The van der Waals surface area contributed by atoms with Crippen LogP contribution in [0.25, 0.3) is 0 Å². The van der Waals surface area contributed by atoms with E-state index in [-0.39, 0.29) is 42.8 Å². The molecule has 3 N–H and O–H groups in total. The third-order valence-corrected chi connectivity index (χ3v) is 4.31. The van der Waals surface area contributed by atoms with E-state index in [1.54, 1.807) is 0 Å². The van der Waals surface area contributed by atoms with Gasteiger partial charge in [0.1, 0.15) is 0 Å². The maximum absolute atomic E-state index is 12.1. The van der Waals surface area contributed by atoms with Gasteiger partial charge in [-0.05, 0) is 37.8 Å². The summed E-state index contributed by atoms with van der Waals surface area (Å²) in [6.07, 6.45) is 2.93. The van der Waals surface area contributed by atoms with Gasteiger partial charge in [-0.25, -0.2) is 0 Å². The number of carbonyl (C=O) groups is 1. The first-order valence-corrected chi connectivity index (χ1v) is 8.37. The van der Waals surface area contributed by atoms with Crippen molar-refractivity contribution in [3.05, 3.63) is 35.9 Å². The second-order valence-electron chi connectivity index (χ2n) is 6.70. The Morgan fingerprint density at radius 2 is 2.00 bits per heavy atom. The Morgan fingerprint density at radius 3 is 2.62 bits per heavy atom. The van der Waals surface area contributed by atoms with E-state index in [0.29, 0.717) is 6.42 Å². The van der Waals surface area contributed by atoms with Crippen LogP contribution in [0, 0.1) is 5.92 Å². The standard InChI is InChI=1S/C18H29N3O.2ClH/c1-14-7-6-10-21(12-14)13-15(2)20-18(22)11-17(19)16-8-4-3-5-9-16;;/h3-5,8-9,14-15,17H,6-7,10-13,19H2,1-2H3,(H,20,22);2*1H. The molecule has 1 aliphatic heterocycles. The zero-order valence-corrected chi connectivity index (χ0v) is 16.2. The van der Waals surface area contributed by atoms with E-state index in [1.165, 1.54) is 12.8 Å². The maximum atomic E-state index is 12.1. The molecule has 4 nitrogen and oxygen atoms in total. The number of halogens is 2. The maximum Gasteiger partial charge on any atom is 0.222 e. The van der Waals surface area contributed by atoms with Gasteiger partial charge in [-0.15, -0.1) is 24.8 Å². The highest BCUT2D eigenvalue weighted by molar-refractivity contribution is 5.85. The average Bonchev–Trinajstić information content (AvgIpc) is 2.47. The molecule has 1 amide bonds. The lowest BCUT2D eigenvalue weighted by atomic mass is 10.00. The number of amides is 1. The number of rotatable bonds is 6. The molecule has 0 bridgehead atoms. The normalized spacial score (nSPS) is 20.2. The highest BCUT2D eigenvalue weighted by Gasteiger charge is 2.19. The lowest BCUT2D eigenvalue weighted by Crippen LogP contribution is -2.45. The first-order valence-electron chi connectivity index (χ1n) is 8.37. The van der Waals surface area contributed by atoms with E-state index >= 15 is 0 Å². The van der Waals surface area contributed by atoms with Gasteiger partial charge >= 0.3 is 0 Å². The predicted molar refractivity (Wildman–Crippen MR) is 105 cm³/mol. The Morgan fingerprint density at radius 1 is 1.33 bits per heavy atom. The number of nitrogens with two attached hydrogens (primary N) is 1. The van der Waals surface area contributed by atoms with Crippen molar-refractivity contribution in [3.8, 4) is 0 Å². The number of likely N-dealkylation sites (tertiary alicyclic amines) is 1. The summed E-state index contributed by atoms with van der Waals surface area (Å²) in [6, 6.07) is 9.73. The van der Waals surface area contributed by atoms with Gasteiger partial charge in [0, 0.05) is 31.6 Å². The molecule has 1 aromatic rings. The van der Waals surface area contributed by atoms with Crippen molar-refractivity contribution in [2.75, 3.05) is 19.6 Å². The molecule has 1 fully saturated rings. The van der Waals surface area contributed by atoms with Gasteiger partial charge < -0.3 is 16.0 Å². The molecule has 0 spiro atoms. The quantitative estimate of drug-likeness (QED) is 0.802. The minimum Gasteiger partial charge on any atom is -0.352 e. The second kappa shape index (κ2) is 11.7. The van der Waals surface area contributed by atoms with Gasteiger partial charge in [-0.1, -0.05) is 37.3 Å². The van der Waals surface area contributed by atoms with E-state index in [0.717, 1.165) is 31.1 Å². The Hall–Kier alpha value is -0.810. The van der Waals surface area contributed by atoms with Crippen LogP contribution in [0.3, 0.4) is 0 Å². The van der Waals surface area contributed by atoms with E-state index < -0.39 is 0 Å². The van der Waals surface area contributed by atoms with Gasteiger partial charge in [0.25, 0.3) is 0 Å². The van der Waals surface area contributed by atoms with Gasteiger partial charge in [0.2, 0.25) is 5.91 Å². The fourth-order valence-electron chi connectivity index (χ4n) is 3.24. The van der Waals surface area contributed by atoms with Gasteiger partial charge in [0.05, 0.1) is 0 Å². The van der Waals surface area contributed by atoms with Crippen molar-refractivity contribution in [3.63, 3.8) is 0 Å². The predicted octanol–water partition coefficient (Wildman–Crippen LogP) is 3.16. The van der Waals surface area contributed by atoms with Crippen molar-refractivity contribution >= 4 is 30.7 Å². The number of hydrogen-bond acceptors (Lipinski definition) is 3. The molecule has 6 heteroatoms.